The predicted octanol–water partition coefficient (Wildman–Crippen LogP) is 2.33. The minimum Gasteiger partial charge on any atom is -0.448 e. The smallest absolute Gasteiger partial charge is 0.313 e. The van der Waals surface area contributed by atoms with Crippen molar-refractivity contribution in [2.45, 2.75) is 39.2 Å². The number of nitrogens with two attached hydrogens (primary N) is 1. The van der Waals surface area contributed by atoms with E-state index in [4.69, 9.17) is 10.5 Å². The van der Waals surface area contributed by atoms with E-state index in [-0.39, 0.29) is 11.9 Å². The van der Waals surface area contributed by atoms with E-state index in [1.165, 1.54) is 0 Å². The SMILES string of the molecule is CC1(C)[C@@]2(C)CC[C@]1(C(=O)Nc1ccc(N)cc1)OC2=O. The van der Waals surface area contributed by atoms with E-state index in [0.29, 0.717) is 24.2 Å². The molecule has 1 heterocycles. The molecular weight excluding hydrogens is 268 g/mol. The third kappa shape index (κ3) is 1.57. The number of carbonyl (C=O) groups is 2. The maximum absolute atomic E-state index is 12.8. The number of nitrogen functional groups attached to an aromatic ring is 1. The van der Waals surface area contributed by atoms with Crippen molar-refractivity contribution in [1.82, 2.24) is 0 Å². The molecule has 1 amide bonds. The monoisotopic (exact) mass is 288 g/mol. The molecule has 21 heavy (non-hydrogen) atoms. The third-order valence-electron chi connectivity index (χ3n) is 5.62. The number of rotatable bonds is 2. The molecule has 1 aliphatic carbocycles. The zero-order chi connectivity index (χ0) is 15.5. The average Bonchev–Trinajstić information content (AvgIpc) is 2.72. The molecular formula is C16H20N2O3. The first-order valence-corrected chi connectivity index (χ1v) is 7.13. The van der Waals surface area contributed by atoms with Gasteiger partial charge in [0.2, 0.25) is 0 Å². The average molecular weight is 288 g/mol. The molecule has 0 spiro atoms. The molecule has 2 atom stereocenters. The maximum Gasteiger partial charge on any atom is 0.313 e. The van der Waals surface area contributed by atoms with Crippen LogP contribution in [0.2, 0.25) is 0 Å². The van der Waals surface area contributed by atoms with Gasteiger partial charge in [-0.1, -0.05) is 13.8 Å². The number of hydrogen-bond acceptors (Lipinski definition) is 4. The lowest BCUT2D eigenvalue weighted by Gasteiger charge is -2.35. The van der Waals surface area contributed by atoms with E-state index in [2.05, 4.69) is 5.32 Å². The van der Waals surface area contributed by atoms with Crippen molar-refractivity contribution in [3.05, 3.63) is 24.3 Å². The van der Waals surface area contributed by atoms with Gasteiger partial charge in [-0.2, -0.15) is 0 Å². The summed E-state index contributed by atoms with van der Waals surface area (Å²) in [6.45, 7) is 5.77. The second-order valence-corrected chi connectivity index (χ2v) is 6.75. The van der Waals surface area contributed by atoms with Crippen LogP contribution < -0.4 is 11.1 Å². The highest BCUT2D eigenvalue weighted by molar-refractivity contribution is 6.03. The van der Waals surface area contributed by atoms with Crippen LogP contribution in [-0.2, 0) is 14.3 Å². The highest BCUT2D eigenvalue weighted by atomic mass is 16.6. The molecule has 1 aliphatic heterocycles. The van der Waals surface area contributed by atoms with Crippen LogP contribution >= 0.6 is 0 Å². The van der Waals surface area contributed by atoms with Crippen LogP contribution in [0.5, 0.6) is 0 Å². The van der Waals surface area contributed by atoms with Crippen molar-refractivity contribution in [2.75, 3.05) is 11.1 Å². The molecule has 0 aromatic heterocycles. The fourth-order valence-corrected chi connectivity index (χ4v) is 3.55. The molecule has 1 aromatic rings. The van der Waals surface area contributed by atoms with E-state index in [1.807, 2.05) is 20.8 Å². The molecule has 5 heteroatoms. The largest absolute Gasteiger partial charge is 0.448 e. The van der Waals surface area contributed by atoms with E-state index in [9.17, 15) is 9.59 Å². The summed E-state index contributed by atoms with van der Waals surface area (Å²) in [4.78, 5) is 24.9. The molecule has 112 valence electrons. The van der Waals surface area contributed by atoms with Crippen LogP contribution in [-0.4, -0.2) is 17.5 Å². The molecule has 3 N–H and O–H groups in total. The van der Waals surface area contributed by atoms with Gasteiger partial charge in [0.15, 0.2) is 5.60 Å². The number of ether oxygens (including phenoxy) is 1. The molecule has 1 aromatic carbocycles. The quantitative estimate of drug-likeness (QED) is 0.646. The van der Waals surface area contributed by atoms with Gasteiger partial charge in [-0.25, -0.2) is 0 Å². The number of fused-ring (bicyclic) bond motifs is 2. The minimum absolute atomic E-state index is 0.258. The fraction of sp³-hybridized carbons (Fsp3) is 0.500. The van der Waals surface area contributed by atoms with E-state index >= 15 is 0 Å². The van der Waals surface area contributed by atoms with Gasteiger partial charge in [-0.05, 0) is 44.0 Å². The number of hydrogen-bond donors (Lipinski definition) is 2. The van der Waals surface area contributed by atoms with Crippen molar-refractivity contribution in [3.8, 4) is 0 Å². The molecule has 3 rings (SSSR count). The number of amides is 1. The number of anilines is 2. The Morgan fingerprint density at radius 3 is 2.29 bits per heavy atom. The van der Waals surface area contributed by atoms with Crippen molar-refractivity contribution in [3.63, 3.8) is 0 Å². The molecule has 5 nitrogen and oxygen atoms in total. The molecule has 1 saturated carbocycles. The zero-order valence-electron chi connectivity index (χ0n) is 12.5. The lowest BCUT2D eigenvalue weighted by Crippen LogP contribution is -2.50. The van der Waals surface area contributed by atoms with Gasteiger partial charge < -0.3 is 15.8 Å². The summed E-state index contributed by atoms with van der Waals surface area (Å²) in [7, 11) is 0. The second-order valence-electron chi connectivity index (χ2n) is 6.75. The van der Waals surface area contributed by atoms with Crippen LogP contribution in [0.15, 0.2) is 24.3 Å². The van der Waals surface area contributed by atoms with E-state index in [0.717, 1.165) is 0 Å². The first kappa shape index (κ1) is 13.9. The van der Waals surface area contributed by atoms with Gasteiger partial charge in [-0.3, -0.25) is 9.59 Å². The lowest BCUT2D eigenvalue weighted by atomic mass is 9.66. The molecule has 2 bridgehead atoms. The van der Waals surface area contributed by atoms with Gasteiger partial charge >= 0.3 is 5.97 Å². The molecule has 0 radical (unpaired) electrons. The second kappa shape index (κ2) is 4.00. The van der Waals surface area contributed by atoms with Crippen LogP contribution in [0.3, 0.4) is 0 Å². The first-order chi connectivity index (χ1) is 9.73. The van der Waals surface area contributed by atoms with Crippen LogP contribution in [0, 0.1) is 10.8 Å². The third-order valence-corrected chi connectivity index (χ3v) is 5.62. The Morgan fingerprint density at radius 1 is 1.19 bits per heavy atom. The Morgan fingerprint density at radius 2 is 1.81 bits per heavy atom. The fourth-order valence-electron chi connectivity index (χ4n) is 3.55. The Kier molecular flexibility index (Phi) is 2.65. The minimum atomic E-state index is -1.08. The van der Waals surface area contributed by atoms with Crippen molar-refractivity contribution < 1.29 is 14.3 Å². The summed E-state index contributed by atoms with van der Waals surface area (Å²) in [5.74, 6) is -0.530. The highest BCUT2D eigenvalue weighted by Crippen LogP contribution is 2.65. The molecule has 0 unspecified atom stereocenters. The standard InChI is InChI=1S/C16H20N2O3/c1-14(2)15(3)8-9-16(14,21-13(15)20)12(19)18-11-6-4-10(17)5-7-11/h4-7H,8-9,17H2,1-3H3,(H,18,19)/t15-,16+/m0/s1. The van der Waals surface area contributed by atoms with Crippen LogP contribution in [0.25, 0.3) is 0 Å². The normalized spacial score (nSPS) is 32.8. The number of benzene rings is 1. The van der Waals surface area contributed by atoms with Crippen molar-refractivity contribution >= 4 is 23.3 Å². The van der Waals surface area contributed by atoms with E-state index in [1.54, 1.807) is 24.3 Å². The topological polar surface area (TPSA) is 81.4 Å². The summed E-state index contributed by atoms with van der Waals surface area (Å²) in [5, 5.41) is 2.85. The Balaban J connectivity index is 1.91. The van der Waals surface area contributed by atoms with Crippen LogP contribution in [0.1, 0.15) is 33.6 Å². The number of esters is 1. The van der Waals surface area contributed by atoms with Gasteiger partial charge in [0, 0.05) is 16.8 Å². The van der Waals surface area contributed by atoms with Crippen molar-refractivity contribution in [1.29, 1.82) is 0 Å². The number of nitrogens with one attached hydrogen (secondary N) is 1. The van der Waals surface area contributed by atoms with Gasteiger partial charge in [0.25, 0.3) is 5.91 Å². The summed E-state index contributed by atoms with van der Waals surface area (Å²) in [6.07, 6.45) is 1.23. The molecule has 1 saturated heterocycles. The van der Waals surface area contributed by atoms with E-state index < -0.39 is 16.4 Å². The molecule has 2 fully saturated rings. The van der Waals surface area contributed by atoms with Gasteiger partial charge in [-0.15, -0.1) is 0 Å². The van der Waals surface area contributed by atoms with Crippen LogP contribution in [0.4, 0.5) is 11.4 Å². The summed E-state index contributed by atoms with van der Waals surface area (Å²) < 4.78 is 5.55. The maximum atomic E-state index is 12.8. The van der Waals surface area contributed by atoms with Gasteiger partial charge in [0.05, 0.1) is 5.41 Å². The Hall–Kier alpha value is -2.04. The predicted molar refractivity (Wildman–Crippen MR) is 79.4 cm³/mol. The summed E-state index contributed by atoms with van der Waals surface area (Å²) in [5.41, 5.74) is 4.71. The summed E-state index contributed by atoms with van der Waals surface area (Å²) in [6, 6.07) is 6.92. The Labute approximate surface area is 123 Å². The highest BCUT2D eigenvalue weighted by Gasteiger charge is 2.75. The van der Waals surface area contributed by atoms with Crippen molar-refractivity contribution in [2.24, 2.45) is 10.8 Å². The lowest BCUT2D eigenvalue weighted by molar-refractivity contribution is -0.165. The zero-order valence-corrected chi connectivity index (χ0v) is 12.5. The first-order valence-electron chi connectivity index (χ1n) is 7.13. The molecule has 2 aliphatic rings. The number of carbonyl (C=O) groups excluding carboxylic acids is 2. The van der Waals surface area contributed by atoms with Gasteiger partial charge in [0.1, 0.15) is 0 Å². The Bertz CT molecular complexity index is 623. The summed E-state index contributed by atoms with van der Waals surface area (Å²) >= 11 is 0.